The average Bonchev–Trinajstić information content (AvgIpc) is 2.47. The van der Waals surface area contributed by atoms with Crippen LogP contribution in [-0.4, -0.2) is 24.7 Å². The number of aromatic nitrogens is 5. The summed E-state index contributed by atoms with van der Waals surface area (Å²) in [7, 11) is 0. The van der Waals surface area contributed by atoms with Gasteiger partial charge in [0.15, 0.2) is 5.82 Å². The fourth-order valence-corrected chi connectivity index (χ4v) is 1.03. The van der Waals surface area contributed by atoms with Gasteiger partial charge in [-0.1, -0.05) is 0 Å². The molecule has 0 atom stereocenters. The highest BCUT2D eigenvalue weighted by molar-refractivity contribution is 5.23. The summed E-state index contributed by atoms with van der Waals surface area (Å²) in [6, 6.07) is 0. The van der Waals surface area contributed by atoms with Crippen LogP contribution in [0.5, 0.6) is 0 Å². The molecule has 2 N–H and O–H groups in total. The Hall–Kier alpha value is -1.98. The number of nitrogens with two attached hydrogens (primary N) is 1. The highest BCUT2D eigenvalue weighted by Crippen LogP contribution is 2.04. The van der Waals surface area contributed by atoms with Crippen LogP contribution in [0.2, 0.25) is 0 Å². The van der Waals surface area contributed by atoms with E-state index in [1.807, 2.05) is 0 Å². The molecule has 0 amide bonds. The molecule has 2 aromatic rings. The Balaban J connectivity index is 2.53. The average molecular weight is 176 g/mol. The van der Waals surface area contributed by atoms with E-state index in [1.165, 1.54) is 0 Å². The molecule has 0 aromatic carbocycles. The zero-order valence-electron chi connectivity index (χ0n) is 7.05. The van der Waals surface area contributed by atoms with Crippen LogP contribution < -0.4 is 5.73 Å². The molecule has 0 bridgehead atoms. The van der Waals surface area contributed by atoms with Crippen LogP contribution in [0, 0.1) is 6.92 Å². The molecule has 0 unspecified atom stereocenters. The topological polar surface area (TPSA) is 82.5 Å². The zero-order valence-corrected chi connectivity index (χ0v) is 7.05. The van der Waals surface area contributed by atoms with Crippen LogP contribution in [-0.2, 0) is 0 Å². The minimum Gasteiger partial charge on any atom is -0.366 e. The lowest BCUT2D eigenvalue weighted by Crippen LogP contribution is -2.02. The maximum atomic E-state index is 5.43. The van der Waals surface area contributed by atoms with E-state index in [-0.39, 0.29) is 5.95 Å². The van der Waals surface area contributed by atoms with Crippen molar-refractivity contribution >= 4 is 5.95 Å². The van der Waals surface area contributed by atoms with E-state index in [4.69, 9.17) is 5.73 Å². The van der Waals surface area contributed by atoms with Crippen molar-refractivity contribution in [3.05, 3.63) is 24.4 Å². The maximum Gasteiger partial charge on any atom is 0.240 e. The van der Waals surface area contributed by atoms with Gasteiger partial charge in [-0.3, -0.25) is 4.98 Å². The Labute approximate surface area is 74.5 Å². The lowest BCUT2D eigenvalue weighted by molar-refractivity contribution is 0.806. The molecule has 0 saturated heterocycles. The predicted octanol–water partition coefficient (Wildman–Crippen LogP) is -0.0521. The zero-order chi connectivity index (χ0) is 9.26. The van der Waals surface area contributed by atoms with Gasteiger partial charge in [0.2, 0.25) is 5.95 Å². The first kappa shape index (κ1) is 7.66. The number of nitrogen functional groups attached to an aromatic ring is 1. The Morgan fingerprint density at radius 3 is 2.77 bits per heavy atom. The number of aryl methyl sites for hydroxylation is 1. The molecule has 0 aliphatic heterocycles. The van der Waals surface area contributed by atoms with Crippen molar-refractivity contribution in [3.63, 3.8) is 0 Å². The SMILES string of the molecule is Cc1nc(N)nn1-c1cnccn1. The summed E-state index contributed by atoms with van der Waals surface area (Å²) in [4.78, 5) is 11.9. The van der Waals surface area contributed by atoms with Crippen molar-refractivity contribution in [1.82, 2.24) is 24.7 Å². The summed E-state index contributed by atoms with van der Waals surface area (Å²) >= 11 is 0. The van der Waals surface area contributed by atoms with Crippen LogP contribution in [0.1, 0.15) is 5.82 Å². The predicted molar refractivity (Wildman–Crippen MR) is 46.1 cm³/mol. The minimum absolute atomic E-state index is 0.239. The molecule has 6 heteroatoms. The van der Waals surface area contributed by atoms with E-state index in [0.29, 0.717) is 11.6 Å². The first-order valence-corrected chi connectivity index (χ1v) is 3.73. The molecular weight excluding hydrogens is 168 g/mol. The highest BCUT2D eigenvalue weighted by atomic mass is 15.4. The third-order valence-corrected chi connectivity index (χ3v) is 1.55. The highest BCUT2D eigenvalue weighted by Gasteiger charge is 2.05. The smallest absolute Gasteiger partial charge is 0.240 e. The Morgan fingerprint density at radius 1 is 1.38 bits per heavy atom. The summed E-state index contributed by atoms with van der Waals surface area (Å²) < 4.78 is 1.54. The molecule has 2 aromatic heterocycles. The molecule has 0 fully saturated rings. The Bertz CT molecular complexity index is 406. The fraction of sp³-hybridized carbons (Fsp3) is 0.143. The van der Waals surface area contributed by atoms with Gasteiger partial charge < -0.3 is 5.73 Å². The van der Waals surface area contributed by atoms with E-state index >= 15 is 0 Å². The molecule has 0 aliphatic carbocycles. The molecule has 0 aliphatic rings. The van der Waals surface area contributed by atoms with Gasteiger partial charge in [0, 0.05) is 12.4 Å². The van der Waals surface area contributed by atoms with Crippen molar-refractivity contribution < 1.29 is 0 Å². The summed E-state index contributed by atoms with van der Waals surface area (Å²) in [6.07, 6.45) is 4.78. The number of hydrogen-bond donors (Lipinski definition) is 1. The van der Waals surface area contributed by atoms with Crippen molar-refractivity contribution in [1.29, 1.82) is 0 Å². The van der Waals surface area contributed by atoms with E-state index in [1.54, 1.807) is 30.2 Å². The molecular formula is C7H8N6. The fourth-order valence-electron chi connectivity index (χ4n) is 1.03. The quantitative estimate of drug-likeness (QED) is 0.658. The number of rotatable bonds is 1. The molecule has 2 heterocycles. The maximum absolute atomic E-state index is 5.43. The lowest BCUT2D eigenvalue weighted by Gasteiger charge is -1.98. The standard InChI is InChI=1S/C7H8N6/c1-5-11-7(8)12-13(5)6-4-9-2-3-10-6/h2-4H,1H3,(H2,8,12). The van der Waals surface area contributed by atoms with Gasteiger partial charge in [0.05, 0.1) is 6.20 Å². The van der Waals surface area contributed by atoms with Gasteiger partial charge in [-0.2, -0.15) is 9.67 Å². The third kappa shape index (κ3) is 1.33. The molecule has 6 nitrogen and oxygen atoms in total. The Kier molecular flexibility index (Phi) is 1.66. The minimum atomic E-state index is 0.239. The van der Waals surface area contributed by atoms with Crippen molar-refractivity contribution in [3.8, 4) is 5.82 Å². The molecule has 66 valence electrons. The van der Waals surface area contributed by atoms with Crippen molar-refractivity contribution in [2.45, 2.75) is 6.92 Å². The second-order valence-electron chi connectivity index (χ2n) is 2.49. The van der Waals surface area contributed by atoms with Crippen molar-refractivity contribution in [2.75, 3.05) is 5.73 Å². The Morgan fingerprint density at radius 2 is 2.23 bits per heavy atom. The number of nitrogens with zero attached hydrogens (tertiary/aromatic N) is 5. The van der Waals surface area contributed by atoms with Crippen LogP contribution >= 0.6 is 0 Å². The summed E-state index contributed by atoms with van der Waals surface area (Å²) in [5, 5.41) is 3.96. The molecule has 0 spiro atoms. The van der Waals surface area contributed by atoms with Gasteiger partial charge in [-0.15, -0.1) is 5.10 Å². The first-order valence-electron chi connectivity index (χ1n) is 3.73. The van der Waals surface area contributed by atoms with E-state index in [2.05, 4.69) is 20.1 Å². The van der Waals surface area contributed by atoms with Gasteiger partial charge in [0.25, 0.3) is 0 Å². The molecule has 13 heavy (non-hydrogen) atoms. The number of anilines is 1. The van der Waals surface area contributed by atoms with Crippen LogP contribution in [0.3, 0.4) is 0 Å². The third-order valence-electron chi connectivity index (χ3n) is 1.55. The molecule has 0 radical (unpaired) electrons. The van der Waals surface area contributed by atoms with Gasteiger partial charge >= 0.3 is 0 Å². The molecule has 0 saturated carbocycles. The first-order chi connectivity index (χ1) is 6.27. The summed E-state index contributed by atoms with van der Waals surface area (Å²) in [5.41, 5.74) is 5.43. The van der Waals surface area contributed by atoms with E-state index < -0.39 is 0 Å². The summed E-state index contributed by atoms with van der Waals surface area (Å²) in [5.74, 6) is 1.55. The lowest BCUT2D eigenvalue weighted by atomic mass is 10.6. The van der Waals surface area contributed by atoms with E-state index in [9.17, 15) is 0 Å². The van der Waals surface area contributed by atoms with Gasteiger partial charge in [0.1, 0.15) is 5.82 Å². The van der Waals surface area contributed by atoms with E-state index in [0.717, 1.165) is 0 Å². The molecule has 2 rings (SSSR count). The normalized spacial score (nSPS) is 10.2. The largest absolute Gasteiger partial charge is 0.366 e. The summed E-state index contributed by atoms with van der Waals surface area (Å²) in [6.45, 7) is 1.80. The van der Waals surface area contributed by atoms with Crippen LogP contribution in [0.15, 0.2) is 18.6 Å². The second kappa shape index (κ2) is 2.81. The van der Waals surface area contributed by atoms with Crippen LogP contribution in [0.25, 0.3) is 5.82 Å². The van der Waals surface area contributed by atoms with Crippen molar-refractivity contribution in [2.24, 2.45) is 0 Å². The second-order valence-corrected chi connectivity index (χ2v) is 2.49. The van der Waals surface area contributed by atoms with Gasteiger partial charge in [-0.25, -0.2) is 4.98 Å². The number of hydrogen-bond acceptors (Lipinski definition) is 5. The monoisotopic (exact) mass is 176 g/mol. The van der Waals surface area contributed by atoms with Gasteiger partial charge in [-0.05, 0) is 6.92 Å². The van der Waals surface area contributed by atoms with Crippen LogP contribution in [0.4, 0.5) is 5.95 Å².